The molecule has 5 nitrogen and oxygen atoms in total. The van der Waals surface area contributed by atoms with Gasteiger partial charge < -0.3 is 20.1 Å². The van der Waals surface area contributed by atoms with Gasteiger partial charge in [0.25, 0.3) is 0 Å². The molecule has 3 rings (SSSR count). The van der Waals surface area contributed by atoms with Crippen LogP contribution in [-0.4, -0.2) is 48.2 Å². The van der Waals surface area contributed by atoms with Gasteiger partial charge in [-0.2, -0.15) is 0 Å². The fourth-order valence-electron chi connectivity index (χ4n) is 3.05. The van der Waals surface area contributed by atoms with Gasteiger partial charge in [0.1, 0.15) is 5.75 Å². The number of β-amino-alcohol motifs (C(OH)–C–C–N with tert-alkyl or cyclic N) is 1. The lowest BCUT2D eigenvalue weighted by molar-refractivity contribution is 0.188. The monoisotopic (exact) mass is 499 g/mol. The molecule has 1 saturated heterocycles. The van der Waals surface area contributed by atoms with Gasteiger partial charge in [-0.15, -0.1) is 24.0 Å². The molecule has 1 atom stereocenters. The average molecular weight is 499 g/mol. The molecule has 2 aromatic carbocycles. The standard InChI is InChI=1S/C21H26FN3O2.HI/c1-2-23-21(25-13-11-17(26)15-25)24-12-10-16-8-9-20(19(22)14-16)27-18-6-4-3-5-7-18;/h3-9,14,17,26H,2,10-13,15H2,1H3,(H,23,24);1H/t17-;/m1./s1. The zero-order valence-corrected chi connectivity index (χ0v) is 18.3. The summed E-state index contributed by atoms with van der Waals surface area (Å²) in [5, 5.41) is 13.0. The number of hydrogen-bond acceptors (Lipinski definition) is 3. The molecule has 1 heterocycles. The Balaban J connectivity index is 0.00000280. The maximum Gasteiger partial charge on any atom is 0.194 e. The Bertz CT molecular complexity index is 774. The van der Waals surface area contributed by atoms with Crippen LogP contribution >= 0.6 is 24.0 Å². The molecule has 1 aliphatic heterocycles. The van der Waals surface area contributed by atoms with Gasteiger partial charge in [-0.1, -0.05) is 24.3 Å². The topological polar surface area (TPSA) is 57.1 Å². The molecule has 0 spiro atoms. The number of guanidine groups is 1. The van der Waals surface area contributed by atoms with Crippen molar-refractivity contribution < 1.29 is 14.2 Å². The van der Waals surface area contributed by atoms with Gasteiger partial charge >= 0.3 is 0 Å². The molecular formula is C21H27FIN3O2. The number of halogens is 2. The summed E-state index contributed by atoms with van der Waals surface area (Å²) in [7, 11) is 0. The third-order valence-corrected chi connectivity index (χ3v) is 4.43. The van der Waals surface area contributed by atoms with E-state index in [2.05, 4.69) is 15.2 Å². The van der Waals surface area contributed by atoms with E-state index in [0.29, 0.717) is 25.3 Å². The summed E-state index contributed by atoms with van der Waals surface area (Å²) >= 11 is 0. The highest BCUT2D eigenvalue weighted by atomic mass is 127. The summed E-state index contributed by atoms with van der Waals surface area (Å²) in [5.74, 6) is 1.25. The molecule has 28 heavy (non-hydrogen) atoms. The number of ether oxygens (including phenoxy) is 1. The number of para-hydroxylation sites is 1. The van der Waals surface area contributed by atoms with Gasteiger partial charge in [-0.3, -0.25) is 4.99 Å². The molecule has 1 fully saturated rings. The molecule has 7 heteroatoms. The fourth-order valence-corrected chi connectivity index (χ4v) is 3.05. The van der Waals surface area contributed by atoms with Crippen LogP contribution in [-0.2, 0) is 6.42 Å². The minimum Gasteiger partial charge on any atom is -0.454 e. The van der Waals surface area contributed by atoms with Crippen LogP contribution in [0.5, 0.6) is 11.5 Å². The Morgan fingerprint density at radius 2 is 2.07 bits per heavy atom. The van der Waals surface area contributed by atoms with Crippen LogP contribution in [0.4, 0.5) is 4.39 Å². The zero-order valence-electron chi connectivity index (χ0n) is 16.0. The summed E-state index contributed by atoms with van der Waals surface area (Å²) in [6.45, 7) is 4.74. The van der Waals surface area contributed by atoms with E-state index in [1.165, 1.54) is 6.07 Å². The fraction of sp³-hybridized carbons (Fsp3) is 0.381. The van der Waals surface area contributed by atoms with Crippen LogP contribution in [0, 0.1) is 5.82 Å². The first-order valence-corrected chi connectivity index (χ1v) is 9.38. The number of nitrogens with zero attached hydrogens (tertiary/aromatic N) is 2. The highest BCUT2D eigenvalue weighted by molar-refractivity contribution is 14.0. The van der Waals surface area contributed by atoms with Gasteiger partial charge in [0, 0.05) is 26.2 Å². The molecule has 152 valence electrons. The van der Waals surface area contributed by atoms with E-state index in [9.17, 15) is 9.50 Å². The largest absolute Gasteiger partial charge is 0.454 e. The number of rotatable bonds is 6. The van der Waals surface area contributed by atoms with Gasteiger partial charge in [-0.25, -0.2) is 4.39 Å². The zero-order chi connectivity index (χ0) is 19.1. The van der Waals surface area contributed by atoms with Crippen LogP contribution in [0.25, 0.3) is 0 Å². The lowest BCUT2D eigenvalue weighted by Gasteiger charge is -2.20. The first-order valence-electron chi connectivity index (χ1n) is 9.38. The number of benzene rings is 2. The van der Waals surface area contributed by atoms with E-state index in [-0.39, 0.29) is 41.6 Å². The minimum atomic E-state index is -0.380. The molecule has 0 unspecified atom stereocenters. The van der Waals surface area contributed by atoms with Crippen LogP contribution in [0.3, 0.4) is 0 Å². The SMILES string of the molecule is CCNC(=NCCc1ccc(Oc2ccccc2)c(F)c1)N1CC[C@@H](O)C1.I. The molecule has 0 aliphatic carbocycles. The van der Waals surface area contributed by atoms with Crippen LogP contribution in [0.2, 0.25) is 0 Å². The molecule has 0 saturated carbocycles. The van der Waals surface area contributed by atoms with E-state index < -0.39 is 0 Å². The van der Waals surface area contributed by atoms with Crippen molar-refractivity contribution in [1.29, 1.82) is 0 Å². The number of aliphatic hydroxyl groups excluding tert-OH is 1. The van der Waals surface area contributed by atoms with Crippen molar-refractivity contribution >= 4 is 29.9 Å². The minimum absolute atomic E-state index is 0. The van der Waals surface area contributed by atoms with E-state index in [4.69, 9.17) is 4.74 Å². The van der Waals surface area contributed by atoms with E-state index in [1.807, 2.05) is 31.2 Å². The third kappa shape index (κ3) is 6.34. The highest BCUT2D eigenvalue weighted by Crippen LogP contribution is 2.25. The van der Waals surface area contributed by atoms with E-state index in [0.717, 1.165) is 31.0 Å². The molecule has 1 aliphatic rings. The van der Waals surface area contributed by atoms with Crippen LogP contribution < -0.4 is 10.1 Å². The number of likely N-dealkylation sites (tertiary alicyclic amines) is 1. The maximum absolute atomic E-state index is 14.3. The first-order chi connectivity index (χ1) is 13.2. The Morgan fingerprint density at radius 3 is 2.71 bits per heavy atom. The predicted molar refractivity (Wildman–Crippen MR) is 120 cm³/mol. The number of aliphatic imine (C=N–C) groups is 1. The van der Waals surface area contributed by atoms with Crippen molar-refractivity contribution in [2.24, 2.45) is 4.99 Å². The Labute approximate surface area is 182 Å². The molecule has 0 amide bonds. The second-order valence-corrected chi connectivity index (χ2v) is 6.55. The van der Waals surface area contributed by atoms with Crippen LogP contribution in [0.1, 0.15) is 18.9 Å². The van der Waals surface area contributed by atoms with Crippen LogP contribution in [0.15, 0.2) is 53.5 Å². The maximum atomic E-state index is 14.3. The summed E-state index contributed by atoms with van der Waals surface area (Å²) in [6, 6.07) is 14.2. The van der Waals surface area contributed by atoms with E-state index in [1.54, 1.807) is 18.2 Å². The predicted octanol–water partition coefficient (Wildman–Crippen LogP) is 3.81. The van der Waals surface area contributed by atoms with Crippen molar-refractivity contribution in [3.8, 4) is 11.5 Å². The molecule has 0 bridgehead atoms. The van der Waals surface area contributed by atoms with Crippen molar-refractivity contribution in [1.82, 2.24) is 10.2 Å². The quantitative estimate of drug-likeness (QED) is 0.361. The summed E-state index contributed by atoms with van der Waals surface area (Å²) in [4.78, 5) is 6.67. The lowest BCUT2D eigenvalue weighted by Crippen LogP contribution is -2.40. The summed E-state index contributed by atoms with van der Waals surface area (Å²) in [5.41, 5.74) is 0.869. The smallest absolute Gasteiger partial charge is 0.194 e. The second-order valence-electron chi connectivity index (χ2n) is 6.55. The van der Waals surface area contributed by atoms with Gasteiger partial charge in [0.2, 0.25) is 0 Å². The normalized spacial score (nSPS) is 16.6. The number of hydrogen-bond donors (Lipinski definition) is 2. The Kier molecular flexibility index (Phi) is 8.98. The summed E-state index contributed by atoms with van der Waals surface area (Å²) in [6.07, 6.45) is 1.10. The summed E-state index contributed by atoms with van der Waals surface area (Å²) < 4.78 is 19.9. The van der Waals surface area contributed by atoms with Crippen molar-refractivity contribution in [2.45, 2.75) is 25.9 Å². The van der Waals surface area contributed by atoms with Crippen molar-refractivity contribution in [3.63, 3.8) is 0 Å². The molecular weight excluding hydrogens is 472 g/mol. The highest BCUT2D eigenvalue weighted by Gasteiger charge is 2.22. The molecule has 2 N–H and O–H groups in total. The number of aliphatic hydroxyl groups is 1. The van der Waals surface area contributed by atoms with E-state index >= 15 is 0 Å². The van der Waals surface area contributed by atoms with Crippen molar-refractivity contribution in [2.75, 3.05) is 26.2 Å². The molecule has 0 radical (unpaired) electrons. The second kappa shape index (κ2) is 11.2. The van der Waals surface area contributed by atoms with Crippen molar-refractivity contribution in [3.05, 3.63) is 59.9 Å². The van der Waals surface area contributed by atoms with Gasteiger partial charge in [0.15, 0.2) is 17.5 Å². The molecule has 2 aromatic rings. The lowest BCUT2D eigenvalue weighted by atomic mass is 10.1. The third-order valence-electron chi connectivity index (χ3n) is 4.43. The Hall–Kier alpha value is -1.87. The Morgan fingerprint density at radius 1 is 1.29 bits per heavy atom. The van der Waals surface area contributed by atoms with Gasteiger partial charge in [-0.05, 0) is 49.6 Å². The molecule has 0 aromatic heterocycles. The van der Waals surface area contributed by atoms with Gasteiger partial charge in [0.05, 0.1) is 6.10 Å². The number of nitrogens with one attached hydrogen (secondary N) is 1. The average Bonchev–Trinajstić information content (AvgIpc) is 3.10. The first kappa shape index (κ1) is 22.4.